The topological polar surface area (TPSA) is 441 Å². The van der Waals surface area contributed by atoms with Crippen molar-refractivity contribution in [3.05, 3.63) is 0 Å². The number of carboxylic acids is 1. The molecule has 426 valence electrons. The van der Waals surface area contributed by atoms with Gasteiger partial charge in [0.15, 0.2) is 6.29 Å². The Bertz CT molecular complexity index is 1790. The summed E-state index contributed by atoms with van der Waals surface area (Å²) in [6.45, 7) is 11.4. The molecule has 1 aliphatic rings. The molecule has 0 aromatic carbocycles. The van der Waals surface area contributed by atoms with E-state index in [9.17, 15) is 63.6 Å². The average molecular weight is 1060 g/mol. The zero-order valence-corrected chi connectivity index (χ0v) is 44.3. The van der Waals surface area contributed by atoms with Crippen molar-refractivity contribution in [1.29, 1.82) is 0 Å². The van der Waals surface area contributed by atoms with E-state index in [0.717, 1.165) is 6.92 Å². The van der Waals surface area contributed by atoms with Crippen LogP contribution < -0.4 is 60.2 Å². The predicted molar refractivity (Wildman–Crippen MR) is 270 cm³/mol. The van der Waals surface area contributed by atoms with E-state index in [1.54, 1.807) is 13.8 Å². The largest absolute Gasteiger partial charge is 0.481 e. The number of hydrogen-bond acceptors (Lipinski definition) is 17. The number of nitrogens with two attached hydrogens (primary N) is 4. The van der Waals surface area contributed by atoms with Crippen LogP contribution >= 0.6 is 0 Å². The van der Waals surface area contributed by atoms with E-state index < -0.39 is 153 Å². The fourth-order valence-electron chi connectivity index (χ4n) is 8.02. The Kier molecular flexibility index (Phi) is 31.9. The summed E-state index contributed by atoms with van der Waals surface area (Å²) in [5, 5.41) is 59.6. The highest BCUT2D eigenvalue weighted by molar-refractivity contribution is 5.84. The Balaban J connectivity index is 3.18. The van der Waals surface area contributed by atoms with E-state index in [4.69, 9.17) is 32.4 Å². The van der Waals surface area contributed by atoms with Crippen LogP contribution in [0.2, 0.25) is 0 Å². The van der Waals surface area contributed by atoms with Gasteiger partial charge in [0.2, 0.25) is 47.3 Å². The summed E-state index contributed by atoms with van der Waals surface area (Å²) in [4.78, 5) is 116. The van der Waals surface area contributed by atoms with Gasteiger partial charge >= 0.3 is 5.97 Å². The van der Waals surface area contributed by atoms with Crippen LogP contribution in [0.4, 0.5) is 0 Å². The maximum Gasteiger partial charge on any atom is 0.303 e. The zero-order chi connectivity index (χ0) is 56.2. The minimum atomic E-state index is -1.64. The van der Waals surface area contributed by atoms with Crippen LogP contribution in [0.15, 0.2) is 0 Å². The molecule has 0 aromatic rings. The van der Waals surface area contributed by atoms with Crippen molar-refractivity contribution in [2.75, 3.05) is 26.3 Å². The monoisotopic (exact) mass is 1060 g/mol. The Morgan fingerprint density at radius 2 is 1.00 bits per heavy atom. The van der Waals surface area contributed by atoms with Crippen LogP contribution in [0.5, 0.6) is 0 Å². The van der Waals surface area contributed by atoms with Gasteiger partial charge in [-0.15, -0.1) is 0 Å². The Morgan fingerprint density at radius 3 is 1.42 bits per heavy atom. The number of aliphatic carboxylic acids is 1. The number of ether oxygens (including phenoxy) is 2. The predicted octanol–water partition coefficient (Wildman–Crippen LogP) is -3.29. The first-order valence-corrected chi connectivity index (χ1v) is 25.6. The lowest BCUT2D eigenvalue weighted by atomic mass is 9.97. The number of nitrogens with one attached hydrogen (secondary N) is 7. The molecule has 12 atom stereocenters. The first kappa shape index (κ1) is 66.9. The van der Waals surface area contributed by atoms with Crippen LogP contribution in [0.25, 0.3) is 0 Å². The smallest absolute Gasteiger partial charge is 0.303 e. The molecule has 74 heavy (non-hydrogen) atoms. The van der Waals surface area contributed by atoms with Crippen molar-refractivity contribution in [2.45, 2.75) is 205 Å². The lowest BCUT2D eigenvalue weighted by molar-refractivity contribution is -0.271. The van der Waals surface area contributed by atoms with E-state index in [1.807, 2.05) is 27.7 Å². The van der Waals surface area contributed by atoms with Crippen molar-refractivity contribution >= 4 is 53.2 Å². The summed E-state index contributed by atoms with van der Waals surface area (Å²) in [5.41, 5.74) is 23.0. The summed E-state index contributed by atoms with van der Waals surface area (Å²) in [6.07, 6.45) is -6.51. The molecule has 0 unspecified atom stereocenters. The lowest BCUT2D eigenvalue weighted by Crippen LogP contribution is -2.65. The number of carbonyl (C=O) groups excluding carboxylic acids is 8. The maximum atomic E-state index is 13.7. The molecule has 0 aliphatic carbocycles. The Hall–Kier alpha value is -5.09. The van der Waals surface area contributed by atoms with Crippen molar-refractivity contribution in [3.63, 3.8) is 0 Å². The van der Waals surface area contributed by atoms with Gasteiger partial charge in [0.25, 0.3) is 0 Å². The molecule has 0 saturated carbocycles. The van der Waals surface area contributed by atoms with Gasteiger partial charge in [-0.05, 0) is 62.9 Å². The van der Waals surface area contributed by atoms with E-state index in [1.165, 1.54) is 0 Å². The SMILES string of the molecule is CC(=O)N[C@H]1[C@@H](OC[C@@H](CC(=O)N[C@@H](CCC(=O)O)CC(=O)N[C@H](CC(=O)N[C@@H](CCCN)CC(=O)N[C@@H](CCCN)CC(=O)N[C@H](CC(N)=O)C(C)C)C(C)C)NC(=O)C[C@@H](N)C(C)C)O[C@H](CO)[C@H](O)[C@@H]1O. The molecule has 0 radical (unpaired) electrons. The van der Waals surface area contributed by atoms with E-state index in [0.29, 0.717) is 32.2 Å². The Labute approximate surface area is 434 Å². The van der Waals surface area contributed by atoms with Gasteiger partial charge in [0.05, 0.1) is 19.3 Å². The fourth-order valence-corrected chi connectivity index (χ4v) is 8.02. The number of amides is 8. The standard InChI is InChI=1S/C48H89N11O15/c1-25(2)33(51)20-42(67)57-32(24-73-48-45(53-28(7)61)47(72)46(71)36(23-60)74-48)19-39(64)56-31(12-13-44(69)70)18-41(66)59-35(27(5)6)22-43(68)55-29(10-8-14-49)16-38(63)54-30(11-9-15-50)17-40(65)58-34(26(3)4)21-37(52)62/h25-27,29-36,45-48,60,71-72H,8-24,49-51H2,1-7H3,(H2,52,62)(H,53,61)(H,54,63)(H,55,68)(H,56,64)(H,57,67)(H,58,65)(H,59,66)(H,69,70)/t29-,30-,31-,32+,33+,34+,35+,36+,45+,46-,47+,48-/m0/s1. The first-order valence-electron chi connectivity index (χ1n) is 25.6. The second kappa shape index (κ2) is 35.2. The molecule has 26 nitrogen and oxygen atoms in total. The minimum absolute atomic E-state index is 0.0466. The van der Waals surface area contributed by atoms with Crippen LogP contribution in [-0.2, 0) is 52.6 Å². The maximum absolute atomic E-state index is 13.7. The van der Waals surface area contributed by atoms with Gasteiger partial charge in [-0.2, -0.15) is 0 Å². The van der Waals surface area contributed by atoms with Gasteiger partial charge in [-0.3, -0.25) is 43.2 Å². The molecule has 8 amide bonds. The number of carboxylic acid groups (broad SMARTS) is 1. The van der Waals surface area contributed by atoms with Crippen LogP contribution in [0.3, 0.4) is 0 Å². The normalized spacial score (nSPS) is 20.5. The van der Waals surface area contributed by atoms with E-state index in [-0.39, 0.29) is 68.7 Å². The highest BCUT2D eigenvalue weighted by Crippen LogP contribution is 2.23. The Morgan fingerprint density at radius 1 is 0.581 bits per heavy atom. The summed E-state index contributed by atoms with van der Waals surface area (Å²) >= 11 is 0. The molecule has 1 rings (SSSR count). The van der Waals surface area contributed by atoms with Gasteiger partial charge in [-0.25, -0.2) is 0 Å². The van der Waals surface area contributed by atoms with Crippen LogP contribution in [0, 0.1) is 17.8 Å². The molecule has 1 aliphatic heterocycles. The quantitative estimate of drug-likeness (QED) is 0.0290. The van der Waals surface area contributed by atoms with Gasteiger partial charge in [-0.1, -0.05) is 41.5 Å². The number of rotatable bonds is 37. The summed E-state index contributed by atoms with van der Waals surface area (Å²) < 4.78 is 11.5. The van der Waals surface area contributed by atoms with Gasteiger partial charge < -0.3 is 90.1 Å². The third-order valence-electron chi connectivity index (χ3n) is 12.5. The van der Waals surface area contributed by atoms with Crippen molar-refractivity contribution in [1.82, 2.24) is 37.2 Å². The first-order chi connectivity index (χ1) is 34.7. The molecule has 0 spiro atoms. The highest BCUT2D eigenvalue weighted by atomic mass is 16.7. The zero-order valence-electron chi connectivity index (χ0n) is 44.3. The summed E-state index contributed by atoms with van der Waals surface area (Å²) in [7, 11) is 0. The molecule has 1 saturated heterocycles. The van der Waals surface area contributed by atoms with Crippen molar-refractivity contribution in [2.24, 2.45) is 40.7 Å². The summed E-state index contributed by atoms with van der Waals surface area (Å²) in [5.74, 6) is -6.08. The second-order valence-corrected chi connectivity index (χ2v) is 20.3. The average Bonchev–Trinajstić information content (AvgIpc) is 3.29. The molecular formula is C48H89N11O15. The molecular weight excluding hydrogens is 971 g/mol. The molecule has 0 aromatic heterocycles. The molecule has 1 heterocycles. The van der Waals surface area contributed by atoms with Crippen LogP contribution in [0.1, 0.15) is 132 Å². The number of aliphatic hydroxyl groups is 3. The summed E-state index contributed by atoms with van der Waals surface area (Å²) in [6, 6.07) is -6.58. The second-order valence-electron chi connectivity index (χ2n) is 20.3. The van der Waals surface area contributed by atoms with E-state index in [2.05, 4.69) is 37.2 Å². The number of aliphatic hydroxyl groups excluding tert-OH is 3. The molecule has 0 bridgehead atoms. The number of carbonyl (C=O) groups is 9. The van der Waals surface area contributed by atoms with Crippen molar-refractivity contribution in [3.8, 4) is 0 Å². The molecule has 26 heteroatoms. The third-order valence-corrected chi connectivity index (χ3v) is 12.5. The van der Waals surface area contributed by atoms with Gasteiger partial charge in [0, 0.05) is 94.5 Å². The minimum Gasteiger partial charge on any atom is -0.481 e. The van der Waals surface area contributed by atoms with Crippen molar-refractivity contribution < 1.29 is 73.1 Å². The fraction of sp³-hybridized carbons (Fsp3) is 0.812. The lowest BCUT2D eigenvalue weighted by Gasteiger charge is -2.42. The number of hydrogen-bond donors (Lipinski definition) is 15. The highest BCUT2D eigenvalue weighted by Gasteiger charge is 2.45. The van der Waals surface area contributed by atoms with E-state index >= 15 is 0 Å². The van der Waals surface area contributed by atoms with Gasteiger partial charge in [0.1, 0.15) is 24.4 Å². The molecule has 1 fully saturated rings. The molecule has 19 N–H and O–H groups in total. The number of primary amides is 1. The third kappa shape index (κ3) is 27.4. The van der Waals surface area contributed by atoms with Crippen LogP contribution in [-0.4, -0.2) is 173 Å².